The first-order valence-corrected chi connectivity index (χ1v) is 12.2. The number of benzene rings is 3. The molecule has 6 heteroatoms. The molecule has 0 saturated heterocycles. The van der Waals surface area contributed by atoms with Crippen molar-refractivity contribution in [2.24, 2.45) is 0 Å². The highest BCUT2D eigenvalue weighted by Crippen LogP contribution is 2.34. The Morgan fingerprint density at radius 2 is 1.86 bits per heavy atom. The van der Waals surface area contributed by atoms with E-state index in [1.54, 1.807) is 6.92 Å². The Bertz CT molecular complexity index is 1450. The molecule has 0 aliphatic carbocycles. The highest BCUT2D eigenvalue weighted by Gasteiger charge is 2.24. The summed E-state index contributed by atoms with van der Waals surface area (Å²) in [7, 11) is 0. The predicted octanol–water partition coefficient (Wildman–Crippen LogP) is 5.15. The number of nitrogens with zero attached hydrogens (tertiary/aromatic N) is 2. The summed E-state index contributed by atoms with van der Waals surface area (Å²) in [6.45, 7) is 6.62. The van der Waals surface area contributed by atoms with Crippen LogP contribution < -0.4 is 10.1 Å². The first-order chi connectivity index (χ1) is 17.4. The number of aryl methyl sites for hydroxylation is 2. The van der Waals surface area contributed by atoms with Gasteiger partial charge in [0.15, 0.2) is 5.78 Å². The van der Waals surface area contributed by atoms with Gasteiger partial charge in [-0.3, -0.25) is 14.3 Å². The lowest BCUT2D eigenvalue weighted by Gasteiger charge is -2.12. The van der Waals surface area contributed by atoms with Crippen molar-refractivity contribution >= 4 is 11.7 Å². The van der Waals surface area contributed by atoms with Gasteiger partial charge in [0, 0.05) is 23.2 Å². The molecule has 1 N–H and O–H groups in total. The van der Waals surface area contributed by atoms with Crippen LogP contribution in [0.1, 0.15) is 50.2 Å². The molecule has 0 fully saturated rings. The van der Waals surface area contributed by atoms with Crippen LogP contribution in [-0.2, 0) is 13.0 Å². The summed E-state index contributed by atoms with van der Waals surface area (Å²) in [5.41, 5.74) is 7.42. The molecule has 1 aliphatic rings. The number of Topliss-reactive ketones (excluding diaryl/α,β-unsaturated/α-hetero) is 1. The first kappa shape index (κ1) is 23.5. The smallest absolute Gasteiger partial charge is 0.251 e. The zero-order chi connectivity index (χ0) is 25.2. The summed E-state index contributed by atoms with van der Waals surface area (Å²) < 4.78 is 8.03. The zero-order valence-corrected chi connectivity index (χ0v) is 20.7. The number of aromatic nitrogens is 2. The SMILES string of the molecule is CC(=O)c1ccccc1-c1ccc2c(c1)C[C@@H](CNC(=O)c1cccc(Cn3nc(C)cc3C)c1)O2. The number of carbonyl (C=O) groups is 2. The minimum absolute atomic E-state index is 0.0434. The van der Waals surface area contributed by atoms with Gasteiger partial charge in [-0.2, -0.15) is 5.10 Å². The molecule has 1 aromatic heterocycles. The molecule has 2 heterocycles. The van der Waals surface area contributed by atoms with E-state index in [2.05, 4.69) is 16.5 Å². The minimum atomic E-state index is -0.139. The number of hydrogen-bond acceptors (Lipinski definition) is 4. The Morgan fingerprint density at radius 1 is 1.03 bits per heavy atom. The Balaban J connectivity index is 1.22. The number of fused-ring (bicyclic) bond motifs is 1. The van der Waals surface area contributed by atoms with E-state index in [0.29, 0.717) is 30.6 Å². The Kier molecular flexibility index (Phi) is 6.42. The second kappa shape index (κ2) is 9.82. The second-order valence-corrected chi connectivity index (χ2v) is 9.36. The number of ether oxygens (including phenoxy) is 1. The van der Waals surface area contributed by atoms with Gasteiger partial charge in [0.05, 0.1) is 18.8 Å². The van der Waals surface area contributed by atoms with Gasteiger partial charge >= 0.3 is 0 Å². The molecule has 0 spiro atoms. The molecule has 6 nitrogen and oxygen atoms in total. The quantitative estimate of drug-likeness (QED) is 0.372. The van der Waals surface area contributed by atoms with Crippen LogP contribution in [0.15, 0.2) is 72.8 Å². The lowest BCUT2D eigenvalue weighted by molar-refractivity contribution is 0.0932. The molecule has 182 valence electrons. The summed E-state index contributed by atoms with van der Waals surface area (Å²) in [5.74, 6) is 0.743. The molecule has 3 aromatic carbocycles. The molecule has 1 atom stereocenters. The summed E-state index contributed by atoms with van der Waals surface area (Å²) in [5, 5.41) is 7.53. The molecule has 0 bridgehead atoms. The lowest BCUT2D eigenvalue weighted by Crippen LogP contribution is -2.34. The van der Waals surface area contributed by atoms with E-state index in [1.165, 1.54) is 0 Å². The van der Waals surface area contributed by atoms with Gasteiger partial charge in [-0.25, -0.2) is 0 Å². The fraction of sp³-hybridized carbons (Fsp3) is 0.233. The molecule has 36 heavy (non-hydrogen) atoms. The normalized spacial score (nSPS) is 14.2. The fourth-order valence-electron chi connectivity index (χ4n) is 4.77. The summed E-state index contributed by atoms with van der Waals surface area (Å²) in [4.78, 5) is 24.9. The van der Waals surface area contributed by atoms with Crippen molar-refractivity contribution in [1.29, 1.82) is 0 Å². The molecular weight excluding hydrogens is 450 g/mol. The van der Waals surface area contributed by atoms with Gasteiger partial charge in [0.1, 0.15) is 11.9 Å². The van der Waals surface area contributed by atoms with Crippen molar-refractivity contribution in [1.82, 2.24) is 15.1 Å². The van der Waals surface area contributed by atoms with E-state index in [-0.39, 0.29) is 17.8 Å². The summed E-state index contributed by atoms with van der Waals surface area (Å²) in [6, 6.07) is 23.3. The third-order valence-corrected chi connectivity index (χ3v) is 6.53. The van der Waals surface area contributed by atoms with Crippen molar-refractivity contribution in [2.75, 3.05) is 6.54 Å². The first-order valence-electron chi connectivity index (χ1n) is 12.2. The maximum absolute atomic E-state index is 12.9. The predicted molar refractivity (Wildman–Crippen MR) is 140 cm³/mol. The average Bonchev–Trinajstić information content (AvgIpc) is 3.43. The molecule has 5 rings (SSSR count). The topological polar surface area (TPSA) is 73.2 Å². The highest BCUT2D eigenvalue weighted by molar-refractivity contribution is 6.00. The van der Waals surface area contributed by atoms with Crippen LogP contribution in [0.2, 0.25) is 0 Å². The molecule has 0 unspecified atom stereocenters. The van der Waals surface area contributed by atoms with Gasteiger partial charge in [0.25, 0.3) is 5.91 Å². The second-order valence-electron chi connectivity index (χ2n) is 9.36. The third kappa shape index (κ3) is 4.93. The Labute approximate surface area is 210 Å². The van der Waals surface area contributed by atoms with Gasteiger partial charge in [0.2, 0.25) is 0 Å². The maximum atomic E-state index is 12.9. The Morgan fingerprint density at radius 3 is 2.64 bits per heavy atom. The van der Waals surface area contributed by atoms with Crippen molar-refractivity contribution in [3.63, 3.8) is 0 Å². The van der Waals surface area contributed by atoms with Crippen LogP contribution in [0.3, 0.4) is 0 Å². The number of nitrogens with one attached hydrogen (secondary N) is 1. The number of rotatable bonds is 7. The zero-order valence-electron chi connectivity index (χ0n) is 20.7. The molecule has 4 aromatic rings. The fourth-order valence-corrected chi connectivity index (χ4v) is 4.77. The lowest BCUT2D eigenvalue weighted by atomic mass is 9.95. The van der Waals surface area contributed by atoms with Gasteiger partial charge in [-0.1, -0.05) is 42.5 Å². The number of carbonyl (C=O) groups excluding carboxylic acids is 2. The van der Waals surface area contributed by atoms with Crippen LogP contribution in [0.25, 0.3) is 11.1 Å². The molecule has 1 amide bonds. The van der Waals surface area contributed by atoms with E-state index in [4.69, 9.17) is 4.74 Å². The van der Waals surface area contributed by atoms with Gasteiger partial charge < -0.3 is 10.1 Å². The molecule has 0 radical (unpaired) electrons. The van der Waals surface area contributed by atoms with Crippen molar-refractivity contribution < 1.29 is 14.3 Å². The third-order valence-electron chi connectivity index (χ3n) is 6.53. The number of hydrogen-bond donors (Lipinski definition) is 1. The monoisotopic (exact) mass is 479 g/mol. The molecular formula is C30H29N3O3. The van der Waals surface area contributed by atoms with Gasteiger partial charge in [-0.15, -0.1) is 0 Å². The van der Waals surface area contributed by atoms with Crippen LogP contribution in [0.4, 0.5) is 0 Å². The van der Waals surface area contributed by atoms with Gasteiger partial charge in [-0.05, 0) is 73.4 Å². The van der Waals surface area contributed by atoms with E-state index < -0.39 is 0 Å². The Hall–Kier alpha value is -4.19. The van der Waals surface area contributed by atoms with E-state index in [0.717, 1.165) is 39.4 Å². The average molecular weight is 480 g/mol. The standard InChI is InChI=1S/C30H29N3O3/c1-19-13-20(2)33(32-19)18-22-7-6-8-24(14-22)30(35)31-17-26-16-25-15-23(11-12-29(25)36-26)28-10-5-4-9-27(28)21(3)34/h4-15,26H,16-18H2,1-3H3,(H,31,35)/t26-/m0/s1. The van der Waals surface area contributed by atoms with Crippen molar-refractivity contribution in [3.8, 4) is 16.9 Å². The summed E-state index contributed by atoms with van der Waals surface area (Å²) >= 11 is 0. The van der Waals surface area contributed by atoms with E-state index in [9.17, 15) is 9.59 Å². The molecule has 0 saturated carbocycles. The van der Waals surface area contributed by atoms with Crippen LogP contribution in [0.5, 0.6) is 5.75 Å². The largest absolute Gasteiger partial charge is 0.488 e. The van der Waals surface area contributed by atoms with E-state index >= 15 is 0 Å². The number of ketones is 1. The molecule has 1 aliphatic heterocycles. The maximum Gasteiger partial charge on any atom is 0.251 e. The van der Waals surface area contributed by atoms with E-state index in [1.807, 2.05) is 85.3 Å². The minimum Gasteiger partial charge on any atom is -0.488 e. The van der Waals surface area contributed by atoms with Crippen molar-refractivity contribution in [3.05, 3.63) is 106 Å². The van der Waals surface area contributed by atoms with Crippen LogP contribution in [-0.4, -0.2) is 34.1 Å². The van der Waals surface area contributed by atoms with Crippen LogP contribution >= 0.6 is 0 Å². The van der Waals surface area contributed by atoms with Crippen molar-refractivity contribution in [2.45, 2.75) is 39.8 Å². The summed E-state index contributed by atoms with van der Waals surface area (Å²) in [6.07, 6.45) is 0.559. The van der Waals surface area contributed by atoms with Crippen LogP contribution in [0, 0.1) is 13.8 Å². The number of amides is 1. The highest BCUT2D eigenvalue weighted by atomic mass is 16.5.